The highest BCUT2D eigenvalue weighted by Crippen LogP contribution is 2.56. The summed E-state index contributed by atoms with van der Waals surface area (Å²) in [5.74, 6) is 0. The maximum Gasteiger partial charge on any atom is 0.0751 e. The number of rotatable bonds is 11. The molecule has 0 saturated heterocycles. The summed E-state index contributed by atoms with van der Waals surface area (Å²) >= 11 is 0. The van der Waals surface area contributed by atoms with Crippen molar-refractivity contribution in [1.29, 1.82) is 0 Å². The van der Waals surface area contributed by atoms with Crippen LogP contribution in [0.3, 0.4) is 0 Å². The Labute approximate surface area is 324 Å². The van der Waals surface area contributed by atoms with Gasteiger partial charge in [-0.1, -0.05) is 182 Å². The number of hydrogen-bond acceptors (Lipinski definition) is 1. The van der Waals surface area contributed by atoms with Crippen LogP contribution in [0.1, 0.15) is 146 Å². The summed E-state index contributed by atoms with van der Waals surface area (Å²) < 4.78 is 6.09. The fraction of sp³-hybridized carbons (Fsp3) is 0.451. The smallest absolute Gasteiger partial charge is 0.0751 e. The SMILES string of the molecule is CC1=Cc2c(-c3ccccc3C(C)(C)C)cccc2C1[Si](C)(CCCCCCOC(C)(C)C)C1C(C)=Cc2c(-c3ccccc3C(C)(C)C)cccc21. The maximum absolute atomic E-state index is 6.09. The molecule has 0 amide bonds. The Morgan fingerprint density at radius 1 is 0.509 bits per heavy atom. The second-order valence-corrected chi connectivity index (χ2v) is 24.1. The lowest BCUT2D eigenvalue weighted by Crippen LogP contribution is -2.45. The van der Waals surface area contributed by atoms with Crippen molar-refractivity contribution >= 4 is 20.2 Å². The highest BCUT2D eigenvalue weighted by Gasteiger charge is 2.50. The number of benzene rings is 4. The lowest BCUT2D eigenvalue weighted by Gasteiger charge is -2.42. The molecule has 0 heterocycles. The summed E-state index contributed by atoms with van der Waals surface area (Å²) in [4.78, 5) is 0. The molecule has 0 bridgehead atoms. The van der Waals surface area contributed by atoms with E-state index in [2.05, 4.69) is 180 Å². The van der Waals surface area contributed by atoms with Gasteiger partial charge in [0.2, 0.25) is 0 Å². The van der Waals surface area contributed by atoms with Gasteiger partial charge in [0.05, 0.1) is 13.7 Å². The molecule has 2 heteroatoms. The van der Waals surface area contributed by atoms with Gasteiger partial charge in [-0.25, -0.2) is 0 Å². The number of ether oxygens (including phenoxy) is 1. The maximum atomic E-state index is 6.09. The van der Waals surface area contributed by atoms with E-state index in [4.69, 9.17) is 4.74 Å². The van der Waals surface area contributed by atoms with Crippen molar-refractivity contribution in [1.82, 2.24) is 0 Å². The van der Waals surface area contributed by atoms with Gasteiger partial charge in [0.15, 0.2) is 0 Å². The minimum Gasteiger partial charge on any atom is -0.376 e. The van der Waals surface area contributed by atoms with E-state index in [0.29, 0.717) is 11.1 Å². The molecule has 0 N–H and O–H groups in total. The molecule has 2 aliphatic carbocycles. The molecule has 4 aromatic carbocycles. The molecule has 0 aromatic heterocycles. The molecule has 2 aliphatic rings. The van der Waals surface area contributed by atoms with Gasteiger partial charge >= 0.3 is 0 Å². The van der Waals surface area contributed by atoms with Crippen LogP contribution in [0.4, 0.5) is 0 Å². The van der Waals surface area contributed by atoms with E-state index in [1.165, 1.54) is 69.8 Å². The first-order valence-electron chi connectivity index (χ1n) is 20.4. The summed E-state index contributed by atoms with van der Waals surface area (Å²) in [7, 11) is -2.13. The van der Waals surface area contributed by atoms with E-state index in [-0.39, 0.29) is 16.4 Å². The van der Waals surface area contributed by atoms with Crippen molar-refractivity contribution in [2.45, 2.75) is 142 Å². The van der Waals surface area contributed by atoms with Gasteiger partial charge in [-0.3, -0.25) is 0 Å². The summed E-state index contributed by atoms with van der Waals surface area (Å²) in [6, 6.07) is 34.0. The molecule has 0 fully saturated rings. The largest absolute Gasteiger partial charge is 0.376 e. The fourth-order valence-corrected chi connectivity index (χ4v) is 16.0. The molecule has 0 aliphatic heterocycles. The number of hydrogen-bond donors (Lipinski definition) is 0. The van der Waals surface area contributed by atoms with Crippen molar-refractivity contribution in [3.63, 3.8) is 0 Å². The third-order valence-electron chi connectivity index (χ3n) is 12.1. The van der Waals surface area contributed by atoms with Gasteiger partial charge < -0.3 is 4.74 Å². The Kier molecular flexibility index (Phi) is 11.1. The van der Waals surface area contributed by atoms with Gasteiger partial charge in [-0.05, 0) is 108 Å². The van der Waals surface area contributed by atoms with Crippen molar-refractivity contribution in [2.75, 3.05) is 6.61 Å². The third-order valence-corrected chi connectivity index (χ3v) is 17.7. The molecule has 2 atom stereocenters. The van der Waals surface area contributed by atoms with Crippen LogP contribution in [0.25, 0.3) is 34.4 Å². The van der Waals surface area contributed by atoms with Crippen LogP contribution in [0.15, 0.2) is 96.1 Å². The van der Waals surface area contributed by atoms with Crippen molar-refractivity contribution in [3.05, 3.63) is 129 Å². The highest BCUT2D eigenvalue weighted by molar-refractivity contribution is 6.83. The van der Waals surface area contributed by atoms with Crippen LogP contribution >= 0.6 is 0 Å². The number of allylic oxidation sites excluding steroid dienone is 2. The lowest BCUT2D eigenvalue weighted by molar-refractivity contribution is -0.00471. The number of unbranched alkanes of at least 4 members (excludes halogenated alkanes) is 3. The van der Waals surface area contributed by atoms with Gasteiger partial charge in [-0.2, -0.15) is 0 Å². The third kappa shape index (κ3) is 8.01. The standard InChI is InChI=1S/C51H66OSi/c1-35-33-43-37(39-23-15-17-29-45(39)49(3,4)5)25-21-27-41(43)47(35)53(12,32-20-14-13-19-31-52-51(9,10)11)48-36(2)34-44-38(26-22-28-42(44)48)40-24-16-18-30-46(40)50(6,7)8/h15-18,21-30,33-34,47-48H,13-14,19-20,31-32H2,1-12H3. The predicted molar refractivity (Wildman–Crippen MR) is 235 cm³/mol. The quantitative estimate of drug-likeness (QED) is 0.111. The van der Waals surface area contributed by atoms with Crippen LogP contribution in [-0.2, 0) is 15.6 Å². The van der Waals surface area contributed by atoms with Crippen LogP contribution in [0, 0.1) is 0 Å². The lowest BCUT2D eigenvalue weighted by atomic mass is 9.81. The zero-order valence-corrected chi connectivity index (χ0v) is 36.0. The molecule has 2 unspecified atom stereocenters. The zero-order valence-electron chi connectivity index (χ0n) is 35.0. The molecule has 6 rings (SSSR count). The monoisotopic (exact) mass is 722 g/mol. The molecule has 280 valence electrons. The van der Waals surface area contributed by atoms with Crippen LogP contribution in [-0.4, -0.2) is 20.3 Å². The Morgan fingerprint density at radius 3 is 1.36 bits per heavy atom. The Morgan fingerprint density at radius 2 is 0.925 bits per heavy atom. The first kappa shape index (κ1) is 39.2. The van der Waals surface area contributed by atoms with E-state index in [9.17, 15) is 0 Å². The van der Waals surface area contributed by atoms with Crippen molar-refractivity contribution in [3.8, 4) is 22.3 Å². The van der Waals surface area contributed by atoms with Gasteiger partial charge in [0, 0.05) is 17.7 Å². The summed E-state index contributed by atoms with van der Waals surface area (Å²) in [6.45, 7) is 29.1. The first-order valence-corrected chi connectivity index (χ1v) is 23.2. The molecule has 0 spiro atoms. The molecule has 0 saturated carbocycles. The molecule has 1 nitrogen and oxygen atoms in total. The minimum atomic E-state index is -2.13. The summed E-state index contributed by atoms with van der Waals surface area (Å²) in [5, 5.41) is 0. The van der Waals surface area contributed by atoms with Gasteiger partial charge in [-0.15, -0.1) is 0 Å². The topological polar surface area (TPSA) is 9.23 Å². The number of fused-ring (bicyclic) bond motifs is 2. The minimum absolute atomic E-state index is 0.0655. The molecular weight excluding hydrogens is 657 g/mol. The normalized spacial score (nSPS) is 18.3. The van der Waals surface area contributed by atoms with Crippen molar-refractivity contribution < 1.29 is 4.74 Å². The zero-order chi connectivity index (χ0) is 38.3. The summed E-state index contributed by atoms with van der Waals surface area (Å²) in [5.41, 5.74) is 18.5. The molecule has 53 heavy (non-hydrogen) atoms. The molecular formula is C51H66OSi. The van der Waals surface area contributed by atoms with Crippen LogP contribution < -0.4 is 0 Å². The average molecular weight is 723 g/mol. The van der Waals surface area contributed by atoms with Crippen LogP contribution in [0.2, 0.25) is 12.6 Å². The first-order chi connectivity index (χ1) is 24.9. The van der Waals surface area contributed by atoms with Crippen LogP contribution in [0.5, 0.6) is 0 Å². The second-order valence-electron chi connectivity index (χ2n) is 19.5. The Balaban J connectivity index is 1.44. The Hall–Kier alpha value is -3.46. The van der Waals surface area contributed by atoms with E-state index in [1.54, 1.807) is 22.3 Å². The predicted octanol–water partition coefficient (Wildman–Crippen LogP) is 14.8. The van der Waals surface area contributed by atoms with E-state index in [1.807, 2.05) is 0 Å². The average Bonchev–Trinajstić information content (AvgIpc) is 3.62. The molecule has 4 aromatic rings. The van der Waals surface area contributed by atoms with E-state index in [0.717, 1.165) is 13.0 Å². The second kappa shape index (κ2) is 15.0. The van der Waals surface area contributed by atoms with Crippen molar-refractivity contribution in [2.24, 2.45) is 0 Å². The summed E-state index contributed by atoms with van der Waals surface area (Å²) in [6.07, 6.45) is 10.1. The Bertz CT molecular complexity index is 1870. The molecule has 0 radical (unpaired) electrons. The van der Waals surface area contributed by atoms with Gasteiger partial charge in [0.1, 0.15) is 0 Å². The van der Waals surface area contributed by atoms with E-state index < -0.39 is 8.07 Å². The van der Waals surface area contributed by atoms with Gasteiger partial charge in [0.25, 0.3) is 0 Å². The fourth-order valence-electron chi connectivity index (χ4n) is 9.86. The highest BCUT2D eigenvalue weighted by atomic mass is 28.3. The van der Waals surface area contributed by atoms with E-state index >= 15 is 0 Å².